The van der Waals surface area contributed by atoms with Crippen molar-refractivity contribution in [2.45, 2.75) is 0 Å². The van der Waals surface area contributed by atoms with Gasteiger partial charge in [0.1, 0.15) is 16.8 Å². The number of methoxy groups -OCH3 is 2. The first-order chi connectivity index (χ1) is 12.6. The van der Waals surface area contributed by atoms with Crippen LogP contribution in [-0.2, 0) is 9.47 Å². The van der Waals surface area contributed by atoms with Gasteiger partial charge in [-0.15, -0.1) is 11.3 Å². The lowest BCUT2D eigenvalue weighted by Crippen LogP contribution is -2.13. The van der Waals surface area contributed by atoms with Gasteiger partial charge in [0.15, 0.2) is 0 Å². The number of ketones is 1. The van der Waals surface area contributed by atoms with Crippen molar-refractivity contribution in [3.05, 3.63) is 69.7 Å². The number of nitrogens with zero attached hydrogens (tertiary/aromatic N) is 1. The molecule has 3 aromatic rings. The first kappa shape index (κ1) is 17.6. The molecule has 0 spiro atoms. The number of allylic oxidation sites excluding steroid dienone is 1. The molecule has 0 amide bonds. The smallest absolute Gasteiger partial charge is 0.341 e. The normalized spacial score (nSPS) is 11.0. The predicted molar refractivity (Wildman–Crippen MR) is 97.8 cm³/mol. The molecule has 0 bridgehead atoms. The monoisotopic (exact) mass is 369 g/mol. The van der Waals surface area contributed by atoms with Crippen molar-refractivity contribution in [1.82, 2.24) is 4.40 Å². The molecular weight excluding hydrogens is 354 g/mol. The van der Waals surface area contributed by atoms with Crippen LogP contribution in [0.1, 0.15) is 36.1 Å². The zero-order valence-electron chi connectivity index (χ0n) is 14.1. The average molecular weight is 369 g/mol. The van der Waals surface area contributed by atoms with E-state index in [1.807, 2.05) is 17.5 Å². The SMILES string of the molecule is COC(=O)c1c(C(=O)OC)c2ccccn2c1C(=O)/C=C/c1cccs1. The third kappa shape index (κ3) is 3.04. The molecule has 0 saturated heterocycles. The Balaban J connectivity index is 2.24. The quantitative estimate of drug-likeness (QED) is 0.391. The number of esters is 2. The summed E-state index contributed by atoms with van der Waals surface area (Å²) in [6, 6.07) is 8.79. The minimum absolute atomic E-state index is 0.00724. The van der Waals surface area contributed by atoms with Crippen molar-refractivity contribution >= 4 is 40.7 Å². The van der Waals surface area contributed by atoms with Crippen LogP contribution in [0.5, 0.6) is 0 Å². The number of carbonyl (C=O) groups excluding carboxylic acids is 3. The van der Waals surface area contributed by atoms with E-state index in [1.165, 1.54) is 36.0 Å². The number of hydrogen-bond acceptors (Lipinski definition) is 6. The van der Waals surface area contributed by atoms with Crippen LogP contribution in [-0.4, -0.2) is 36.3 Å². The van der Waals surface area contributed by atoms with Gasteiger partial charge in [-0.25, -0.2) is 9.59 Å². The third-order valence-electron chi connectivity index (χ3n) is 3.80. The van der Waals surface area contributed by atoms with Gasteiger partial charge in [0.25, 0.3) is 0 Å². The molecule has 7 heteroatoms. The Morgan fingerprint density at radius 1 is 1.00 bits per heavy atom. The summed E-state index contributed by atoms with van der Waals surface area (Å²) >= 11 is 1.48. The van der Waals surface area contributed by atoms with E-state index in [2.05, 4.69) is 0 Å². The van der Waals surface area contributed by atoms with E-state index in [0.29, 0.717) is 5.52 Å². The van der Waals surface area contributed by atoms with Crippen LogP contribution in [0.25, 0.3) is 11.6 Å². The Kier molecular flexibility index (Phi) is 4.99. The molecule has 0 N–H and O–H groups in total. The maximum absolute atomic E-state index is 12.9. The lowest BCUT2D eigenvalue weighted by Gasteiger charge is -2.03. The van der Waals surface area contributed by atoms with Crippen molar-refractivity contribution in [3.63, 3.8) is 0 Å². The molecule has 0 aliphatic heterocycles. The van der Waals surface area contributed by atoms with Gasteiger partial charge in [-0.05, 0) is 35.7 Å². The molecule has 0 unspecified atom stereocenters. The molecule has 3 aromatic heterocycles. The number of hydrogen-bond donors (Lipinski definition) is 0. The minimum Gasteiger partial charge on any atom is -0.465 e. The molecule has 0 radical (unpaired) electrons. The van der Waals surface area contributed by atoms with Crippen LogP contribution in [0.4, 0.5) is 0 Å². The van der Waals surface area contributed by atoms with Crippen LogP contribution in [0.2, 0.25) is 0 Å². The second kappa shape index (κ2) is 7.37. The fourth-order valence-electron chi connectivity index (χ4n) is 2.68. The number of aromatic nitrogens is 1. The summed E-state index contributed by atoms with van der Waals surface area (Å²) in [4.78, 5) is 38.4. The van der Waals surface area contributed by atoms with Crippen LogP contribution in [0.15, 0.2) is 48.0 Å². The number of fused-ring (bicyclic) bond motifs is 1. The van der Waals surface area contributed by atoms with Gasteiger partial charge in [0, 0.05) is 11.1 Å². The van der Waals surface area contributed by atoms with Gasteiger partial charge in [-0.1, -0.05) is 12.1 Å². The van der Waals surface area contributed by atoms with Crippen LogP contribution in [0.3, 0.4) is 0 Å². The topological polar surface area (TPSA) is 74.1 Å². The molecule has 0 aliphatic carbocycles. The zero-order valence-corrected chi connectivity index (χ0v) is 14.9. The van der Waals surface area contributed by atoms with Gasteiger partial charge in [0.2, 0.25) is 5.78 Å². The fourth-order valence-corrected chi connectivity index (χ4v) is 3.30. The fraction of sp³-hybridized carbons (Fsp3) is 0.105. The molecule has 3 heterocycles. The van der Waals surface area contributed by atoms with Gasteiger partial charge in [-0.3, -0.25) is 4.79 Å². The Morgan fingerprint density at radius 3 is 2.38 bits per heavy atom. The largest absolute Gasteiger partial charge is 0.465 e. The lowest BCUT2D eigenvalue weighted by atomic mass is 10.1. The third-order valence-corrected chi connectivity index (χ3v) is 4.64. The number of carbonyl (C=O) groups is 3. The number of ether oxygens (including phenoxy) is 2. The summed E-state index contributed by atoms with van der Waals surface area (Å²) in [5.41, 5.74) is 0.354. The predicted octanol–water partition coefficient (Wildman–Crippen LogP) is 3.47. The van der Waals surface area contributed by atoms with E-state index in [-0.39, 0.29) is 16.8 Å². The molecule has 0 saturated carbocycles. The lowest BCUT2D eigenvalue weighted by molar-refractivity contribution is 0.0556. The molecular formula is C19H15NO5S. The zero-order chi connectivity index (χ0) is 18.7. The maximum Gasteiger partial charge on any atom is 0.341 e. The molecule has 132 valence electrons. The highest BCUT2D eigenvalue weighted by atomic mass is 32.1. The highest BCUT2D eigenvalue weighted by Gasteiger charge is 2.31. The average Bonchev–Trinajstić information content (AvgIpc) is 3.30. The van der Waals surface area contributed by atoms with E-state index in [1.54, 1.807) is 30.5 Å². The first-order valence-corrected chi connectivity index (χ1v) is 8.52. The summed E-state index contributed by atoms with van der Waals surface area (Å²) < 4.78 is 11.1. The number of rotatable bonds is 5. The second-order valence-electron chi connectivity index (χ2n) is 5.25. The Hall–Kier alpha value is -3.19. The Bertz CT molecular complexity index is 1010. The standard InChI is InChI=1S/C19H15NO5S/c1-24-18(22)15-13-7-3-4-10-20(13)17(16(15)19(23)25-2)14(21)9-8-12-6-5-11-26-12/h3-11H,1-2H3/b9-8+. The molecule has 0 fully saturated rings. The van der Waals surface area contributed by atoms with Crippen LogP contribution in [0, 0.1) is 0 Å². The summed E-state index contributed by atoms with van der Waals surface area (Å²) in [6.45, 7) is 0. The summed E-state index contributed by atoms with van der Waals surface area (Å²) in [5.74, 6) is -1.91. The summed E-state index contributed by atoms with van der Waals surface area (Å²) in [6.07, 6.45) is 4.64. The highest BCUT2D eigenvalue weighted by Crippen LogP contribution is 2.26. The van der Waals surface area contributed by atoms with Crippen LogP contribution >= 0.6 is 11.3 Å². The van der Waals surface area contributed by atoms with Crippen molar-refractivity contribution < 1.29 is 23.9 Å². The molecule has 3 rings (SSSR count). The van der Waals surface area contributed by atoms with Crippen molar-refractivity contribution in [3.8, 4) is 0 Å². The Labute approximate surface area is 153 Å². The van der Waals surface area contributed by atoms with Crippen molar-refractivity contribution in [1.29, 1.82) is 0 Å². The number of thiophene rings is 1. The highest BCUT2D eigenvalue weighted by molar-refractivity contribution is 7.10. The first-order valence-electron chi connectivity index (χ1n) is 7.64. The summed E-state index contributed by atoms with van der Waals surface area (Å²) in [7, 11) is 2.41. The molecule has 0 atom stereocenters. The van der Waals surface area contributed by atoms with E-state index >= 15 is 0 Å². The molecule has 26 heavy (non-hydrogen) atoms. The van der Waals surface area contributed by atoms with Crippen LogP contribution < -0.4 is 0 Å². The molecule has 0 aromatic carbocycles. The van der Waals surface area contributed by atoms with E-state index in [9.17, 15) is 14.4 Å². The summed E-state index contributed by atoms with van der Waals surface area (Å²) in [5, 5.41) is 1.89. The van der Waals surface area contributed by atoms with Gasteiger partial charge in [0.05, 0.1) is 19.7 Å². The second-order valence-corrected chi connectivity index (χ2v) is 6.23. The molecule has 0 aliphatic rings. The van der Waals surface area contributed by atoms with Gasteiger partial charge in [-0.2, -0.15) is 0 Å². The minimum atomic E-state index is -0.776. The Morgan fingerprint density at radius 2 is 1.73 bits per heavy atom. The maximum atomic E-state index is 12.9. The van der Waals surface area contributed by atoms with E-state index in [4.69, 9.17) is 9.47 Å². The number of pyridine rings is 1. The van der Waals surface area contributed by atoms with E-state index < -0.39 is 17.7 Å². The van der Waals surface area contributed by atoms with Crippen molar-refractivity contribution in [2.24, 2.45) is 0 Å². The van der Waals surface area contributed by atoms with Gasteiger partial charge >= 0.3 is 11.9 Å². The van der Waals surface area contributed by atoms with Crippen molar-refractivity contribution in [2.75, 3.05) is 14.2 Å². The molecule has 6 nitrogen and oxygen atoms in total. The van der Waals surface area contributed by atoms with Gasteiger partial charge < -0.3 is 13.9 Å². The van der Waals surface area contributed by atoms with E-state index in [0.717, 1.165) is 4.88 Å².